The zero-order valence-corrected chi connectivity index (χ0v) is 12.6. The Balaban J connectivity index is 2.08. The summed E-state index contributed by atoms with van der Waals surface area (Å²) in [5, 5.41) is 14.5. The molecule has 0 unspecified atom stereocenters. The minimum atomic E-state index is -0.317. The van der Waals surface area contributed by atoms with Gasteiger partial charge in [-0.05, 0) is 43.9 Å². The monoisotopic (exact) mass is 287 g/mol. The summed E-state index contributed by atoms with van der Waals surface area (Å²) in [6, 6.07) is 3.78. The number of nitrogens with zero attached hydrogens (tertiary/aromatic N) is 2. The maximum absolute atomic E-state index is 11.2. The summed E-state index contributed by atoms with van der Waals surface area (Å²) in [7, 11) is 0. The van der Waals surface area contributed by atoms with E-state index in [0.717, 1.165) is 37.1 Å². The molecule has 1 aliphatic heterocycles. The number of nitro benzene ring substituents is 1. The topological polar surface area (TPSA) is 58.4 Å². The molecule has 0 aromatic heterocycles. The molecule has 21 heavy (non-hydrogen) atoms. The van der Waals surface area contributed by atoms with Crippen LogP contribution in [0.15, 0.2) is 12.1 Å². The van der Waals surface area contributed by atoms with Crippen LogP contribution in [-0.4, -0.2) is 35.5 Å². The molecule has 1 aromatic rings. The fourth-order valence-electron chi connectivity index (χ4n) is 2.65. The number of nitrogens with one attached hydrogen (secondary N) is 1. The molecule has 0 saturated carbocycles. The lowest BCUT2D eigenvalue weighted by atomic mass is 10.0. The Morgan fingerprint density at radius 3 is 2.57 bits per heavy atom. The lowest BCUT2D eigenvalue weighted by molar-refractivity contribution is -0.384. The van der Waals surface area contributed by atoms with Crippen molar-refractivity contribution < 1.29 is 4.92 Å². The van der Waals surface area contributed by atoms with Crippen molar-refractivity contribution in [2.24, 2.45) is 0 Å². The summed E-state index contributed by atoms with van der Waals surface area (Å²) in [6.45, 7) is 6.40. The number of benzene rings is 1. The van der Waals surface area contributed by atoms with Crippen LogP contribution in [0.4, 0.5) is 11.4 Å². The predicted octanol–water partition coefficient (Wildman–Crippen LogP) is 2.72. The molecule has 1 heterocycles. The van der Waals surface area contributed by atoms with E-state index in [2.05, 4.69) is 16.1 Å². The van der Waals surface area contributed by atoms with E-state index in [1.54, 1.807) is 6.07 Å². The molecule has 1 saturated heterocycles. The summed E-state index contributed by atoms with van der Waals surface area (Å²) in [5.41, 5.74) is 2.78. The van der Waals surface area contributed by atoms with Crippen molar-refractivity contribution in [1.82, 2.24) is 4.90 Å². The number of terminal acetylenes is 1. The van der Waals surface area contributed by atoms with E-state index >= 15 is 0 Å². The molecule has 2 rings (SSSR count). The molecule has 0 spiro atoms. The van der Waals surface area contributed by atoms with E-state index in [1.165, 1.54) is 0 Å². The first-order valence-corrected chi connectivity index (χ1v) is 7.19. The lowest BCUT2D eigenvalue weighted by Gasteiger charge is -2.31. The van der Waals surface area contributed by atoms with Gasteiger partial charge in [-0.1, -0.05) is 5.92 Å². The predicted molar refractivity (Wildman–Crippen MR) is 84.5 cm³/mol. The van der Waals surface area contributed by atoms with Crippen molar-refractivity contribution in [3.8, 4) is 12.3 Å². The van der Waals surface area contributed by atoms with E-state index in [-0.39, 0.29) is 16.7 Å². The zero-order chi connectivity index (χ0) is 15.4. The number of rotatable bonds is 4. The zero-order valence-electron chi connectivity index (χ0n) is 12.6. The van der Waals surface area contributed by atoms with Gasteiger partial charge in [-0.3, -0.25) is 15.0 Å². The highest BCUT2D eigenvalue weighted by Gasteiger charge is 2.22. The third-order valence-electron chi connectivity index (χ3n) is 4.07. The first kappa shape index (κ1) is 15.3. The van der Waals surface area contributed by atoms with E-state index in [1.807, 2.05) is 19.9 Å². The molecule has 0 aliphatic carbocycles. The van der Waals surface area contributed by atoms with Gasteiger partial charge in [0.15, 0.2) is 0 Å². The molecule has 1 aromatic carbocycles. The molecule has 0 bridgehead atoms. The lowest BCUT2D eigenvalue weighted by Crippen LogP contribution is -2.39. The number of hydrogen-bond acceptors (Lipinski definition) is 4. The fraction of sp³-hybridized carbons (Fsp3) is 0.500. The second kappa shape index (κ2) is 6.59. The Labute approximate surface area is 125 Å². The van der Waals surface area contributed by atoms with Crippen molar-refractivity contribution in [2.75, 3.05) is 25.0 Å². The van der Waals surface area contributed by atoms with Crippen LogP contribution in [0.5, 0.6) is 0 Å². The van der Waals surface area contributed by atoms with E-state index in [9.17, 15) is 10.1 Å². The average Bonchev–Trinajstić information content (AvgIpc) is 2.44. The van der Waals surface area contributed by atoms with Gasteiger partial charge in [-0.2, -0.15) is 0 Å². The van der Waals surface area contributed by atoms with Crippen LogP contribution >= 0.6 is 0 Å². The van der Waals surface area contributed by atoms with Gasteiger partial charge in [0, 0.05) is 25.2 Å². The van der Waals surface area contributed by atoms with Gasteiger partial charge in [-0.15, -0.1) is 6.42 Å². The Bertz CT molecular complexity index is 570. The summed E-state index contributed by atoms with van der Waals surface area (Å²) in [5.74, 6) is 2.66. The van der Waals surface area contributed by atoms with Gasteiger partial charge in [0.25, 0.3) is 5.69 Å². The van der Waals surface area contributed by atoms with Crippen LogP contribution in [0.3, 0.4) is 0 Å². The molecule has 112 valence electrons. The molecule has 0 amide bonds. The fourth-order valence-corrected chi connectivity index (χ4v) is 2.65. The SMILES string of the molecule is C#CCN1CCC(Nc2cc(C)c(C)cc2[N+](=O)[O-])CC1. The summed E-state index contributed by atoms with van der Waals surface area (Å²) in [6.07, 6.45) is 7.22. The van der Waals surface area contributed by atoms with Crippen LogP contribution in [0.1, 0.15) is 24.0 Å². The number of hydrogen-bond donors (Lipinski definition) is 1. The second-order valence-electron chi connectivity index (χ2n) is 5.61. The average molecular weight is 287 g/mol. The Hall–Kier alpha value is -2.06. The Morgan fingerprint density at radius 1 is 1.38 bits per heavy atom. The van der Waals surface area contributed by atoms with Gasteiger partial charge < -0.3 is 5.32 Å². The van der Waals surface area contributed by atoms with E-state index in [0.29, 0.717) is 12.2 Å². The van der Waals surface area contributed by atoms with Gasteiger partial charge in [0.05, 0.1) is 11.5 Å². The third kappa shape index (κ3) is 3.73. The number of likely N-dealkylation sites (tertiary alicyclic amines) is 1. The molecule has 1 N–H and O–H groups in total. The minimum absolute atomic E-state index is 0.157. The minimum Gasteiger partial charge on any atom is -0.377 e. The normalized spacial score (nSPS) is 16.4. The third-order valence-corrected chi connectivity index (χ3v) is 4.07. The summed E-state index contributed by atoms with van der Waals surface area (Å²) < 4.78 is 0. The summed E-state index contributed by atoms with van der Waals surface area (Å²) >= 11 is 0. The molecule has 0 atom stereocenters. The number of piperidine rings is 1. The quantitative estimate of drug-likeness (QED) is 0.525. The smallest absolute Gasteiger partial charge is 0.292 e. The molecular weight excluding hydrogens is 266 g/mol. The molecule has 1 aliphatic rings. The van der Waals surface area contributed by atoms with Gasteiger partial charge in [0.1, 0.15) is 5.69 Å². The first-order chi connectivity index (χ1) is 10.0. The Kier molecular flexibility index (Phi) is 4.81. The molecule has 5 heteroatoms. The number of anilines is 1. The van der Waals surface area contributed by atoms with Crippen molar-refractivity contribution in [2.45, 2.75) is 32.7 Å². The van der Waals surface area contributed by atoms with E-state index in [4.69, 9.17) is 6.42 Å². The van der Waals surface area contributed by atoms with Crippen LogP contribution in [0, 0.1) is 36.3 Å². The molecule has 5 nitrogen and oxygen atoms in total. The first-order valence-electron chi connectivity index (χ1n) is 7.19. The highest BCUT2D eigenvalue weighted by atomic mass is 16.6. The van der Waals surface area contributed by atoms with Crippen LogP contribution in [0.25, 0.3) is 0 Å². The van der Waals surface area contributed by atoms with Gasteiger partial charge in [-0.25, -0.2) is 0 Å². The second-order valence-corrected chi connectivity index (χ2v) is 5.61. The van der Waals surface area contributed by atoms with Crippen LogP contribution in [-0.2, 0) is 0 Å². The molecular formula is C16H21N3O2. The standard InChI is InChI=1S/C16H21N3O2/c1-4-7-18-8-5-14(6-9-18)17-15-10-12(2)13(3)11-16(15)19(20)21/h1,10-11,14,17H,5-9H2,2-3H3. The highest BCUT2D eigenvalue weighted by molar-refractivity contribution is 5.65. The van der Waals surface area contributed by atoms with Crippen molar-refractivity contribution in [1.29, 1.82) is 0 Å². The van der Waals surface area contributed by atoms with Gasteiger partial charge in [0.2, 0.25) is 0 Å². The molecule has 1 fully saturated rings. The van der Waals surface area contributed by atoms with E-state index < -0.39 is 0 Å². The van der Waals surface area contributed by atoms with Crippen molar-refractivity contribution in [3.05, 3.63) is 33.4 Å². The number of aryl methyl sites for hydroxylation is 2. The van der Waals surface area contributed by atoms with Crippen molar-refractivity contribution in [3.63, 3.8) is 0 Å². The van der Waals surface area contributed by atoms with Gasteiger partial charge >= 0.3 is 0 Å². The maximum atomic E-state index is 11.2. The number of nitro groups is 1. The van der Waals surface area contributed by atoms with Crippen molar-refractivity contribution >= 4 is 11.4 Å². The Morgan fingerprint density at radius 2 is 2.00 bits per heavy atom. The largest absolute Gasteiger partial charge is 0.377 e. The maximum Gasteiger partial charge on any atom is 0.292 e. The highest BCUT2D eigenvalue weighted by Crippen LogP contribution is 2.29. The van der Waals surface area contributed by atoms with Crippen LogP contribution in [0.2, 0.25) is 0 Å². The summed E-state index contributed by atoms with van der Waals surface area (Å²) in [4.78, 5) is 13.1. The van der Waals surface area contributed by atoms with Crippen LogP contribution < -0.4 is 5.32 Å². The molecule has 0 radical (unpaired) electrons.